The first-order chi connectivity index (χ1) is 7.62. The van der Waals surface area contributed by atoms with Crippen molar-refractivity contribution in [1.82, 2.24) is 9.80 Å². The van der Waals surface area contributed by atoms with E-state index in [0.717, 1.165) is 0 Å². The first kappa shape index (κ1) is 11.7. The topological polar surface area (TPSA) is 18.8 Å². The van der Waals surface area contributed by atoms with Crippen molar-refractivity contribution in [3.63, 3.8) is 0 Å². The normalized spacial score (nSPS) is 20.2. The van der Waals surface area contributed by atoms with Gasteiger partial charge in [0.1, 0.15) is 0 Å². The van der Waals surface area contributed by atoms with E-state index in [1.165, 1.54) is 57.8 Å². The third-order valence-corrected chi connectivity index (χ3v) is 3.54. The number of guanidine groups is 1. The molecule has 3 heteroatoms. The molecule has 0 radical (unpaired) electrons. The van der Waals surface area contributed by atoms with Crippen LogP contribution in [0.4, 0.5) is 0 Å². The van der Waals surface area contributed by atoms with Gasteiger partial charge in [0.25, 0.3) is 0 Å². The van der Waals surface area contributed by atoms with Gasteiger partial charge in [-0.1, -0.05) is 13.3 Å². The van der Waals surface area contributed by atoms with E-state index in [1.807, 2.05) is 0 Å². The van der Waals surface area contributed by atoms with Gasteiger partial charge in [0, 0.05) is 26.2 Å². The summed E-state index contributed by atoms with van der Waals surface area (Å²) in [6.45, 7) is 11.6. The molecule has 3 nitrogen and oxygen atoms in total. The second-order valence-electron chi connectivity index (χ2n) is 5.66. The molecule has 2 aliphatic rings. The lowest BCUT2D eigenvalue weighted by Crippen LogP contribution is -2.55. The molecule has 0 aliphatic carbocycles. The van der Waals surface area contributed by atoms with Crippen LogP contribution in [0.1, 0.15) is 46.5 Å². The maximum atomic E-state index is 5.01. The van der Waals surface area contributed by atoms with Gasteiger partial charge in [-0.15, -0.1) is 0 Å². The number of aliphatic imine (C=N–C) groups is 1. The van der Waals surface area contributed by atoms with Gasteiger partial charge in [-0.05, 0) is 33.1 Å². The zero-order valence-corrected chi connectivity index (χ0v) is 11.0. The van der Waals surface area contributed by atoms with E-state index in [2.05, 4.69) is 30.6 Å². The van der Waals surface area contributed by atoms with Crippen LogP contribution in [0, 0.1) is 0 Å². The molecule has 0 N–H and O–H groups in total. The molecule has 0 aromatic heterocycles. The van der Waals surface area contributed by atoms with Gasteiger partial charge < -0.3 is 9.80 Å². The largest absolute Gasteiger partial charge is 0.343 e. The van der Waals surface area contributed by atoms with Crippen LogP contribution in [-0.4, -0.2) is 47.5 Å². The van der Waals surface area contributed by atoms with Crippen molar-refractivity contribution in [1.29, 1.82) is 0 Å². The van der Waals surface area contributed by atoms with Crippen LogP contribution >= 0.6 is 0 Å². The molecule has 0 unspecified atom stereocenters. The molecule has 0 amide bonds. The van der Waals surface area contributed by atoms with Crippen LogP contribution < -0.4 is 0 Å². The second kappa shape index (κ2) is 4.64. The lowest BCUT2D eigenvalue weighted by molar-refractivity contribution is 0.201. The van der Waals surface area contributed by atoms with E-state index < -0.39 is 0 Å². The van der Waals surface area contributed by atoms with Gasteiger partial charge in [0.2, 0.25) is 0 Å². The molecular formula is C13H25N3. The molecule has 0 saturated carbocycles. The van der Waals surface area contributed by atoms with Crippen LogP contribution in [0.25, 0.3) is 0 Å². The average Bonchev–Trinajstić information content (AvgIpc) is 1.94. The molecule has 16 heavy (non-hydrogen) atoms. The van der Waals surface area contributed by atoms with Crippen molar-refractivity contribution in [3.8, 4) is 0 Å². The Labute approximate surface area is 99.5 Å². The molecule has 0 atom stereocenters. The molecule has 2 fully saturated rings. The molecule has 2 heterocycles. The summed E-state index contributed by atoms with van der Waals surface area (Å²) in [4.78, 5) is 9.89. The average molecular weight is 223 g/mol. The molecule has 0 bridgehead atoms. The minimum Gasteiger partial charge on any atom is -0.343 e. The minimum atomic E-state index is 0.106. The van der Waals surface area contributed by atoms with Crippen LogP contribution in [-0.2, 0) is 0 Å². The van der Waals surface area contributed by atoms with Gasteiger partial charge in [0.15, 0.2) is 5.96 Å². The highest BCUT2D eigenvalue weighted by Gasteiger charge is 2.29. The Morgan fingerprint density at radius 2 is 1.56 bits per heavy atom. The Bertz CT molecular complexity index is 246. The summed E-state index contributed by atoms with van der Waals surface area (Å²) in [5.41, 5.74) is 0.106. The summed E-state index contributed by atoms with van der Waals surface area (Å²) >= 11 is 0. The van der Waals surface area contributed by atoms with E-state index >= 15 is 0 Å². The van der Waals surface area contributed by atoms with Crippen molar-refractivity contribution in [3.05, 3.63) is 0 Å². The van der Waals surface area contributed by atoms with Crippen LogP contribution in [0.15, 0.2) is 4.99 Å². The molecule has 0 aromatic rings. The quantitative estimate of drug-likeness (QED) is 0.540. The predicted molar refractivity (Wildman–Crippen MR) is 68.8 cm³/mol. The zero-order chi connectivity index (χ0) is 11.6. The highest BCUT2D eigenvalue weighted by molar-refractivity contribution is 5.81. The molecule has 0 aromatic carbocycles. The molecule has 2 saturated heterocycles. The van der Waals surface area contributed by atoms with Crippen LogP contribution in [0.5, 0.6) is 0 Å². The van der Waals surface area contributed by atoms with E-state index in [1.54, 1.807) is 0 Å². The Balaban J connectivity index is 2.06. The molecular weight excluding hydrogens is 198 g/mol. The van der Waals surface area contributed by atoms with E-state index in [4.69, 9.17) is 4.99 Å². The van der Waals surface area contributed by atoms with Crippen molar-refractivity contribution in [2.45, 2.75) is 52.0 Å². The van der Waals surface area contributed by atoms with Gasteiger partial charge in [-0.2, -0.15) is 0 Å². The van der Waals surface area contributed by atoms with E-state index in [9.17, 15) is 0 Å². The maximum absolute atomic E-state index is 5.01. The second-order valence-corrected chi connectivity index (χ2v) is 5.66. The number of rotatable bonds is 3. The Morgan fingerprint density at radius 3 is 1.88 bits per heavy atom. The van der Waals surface area contributed by atoms with E-state index in [0.29, 0.717) is 0 Å². The van der Waals surface area contributed by atoms with Gasteiger partial charge in [-0.3, -0.25) is 0 Å². The monoisotopic (exact) mass is 223 g/mol. The van der Waals surface area contributed by atoms with Gasteiger partial charge >= 0.3 is 0 Å². The predicted octanol–water partition coefficient (Wildman–Crippen LogP) is 2.33. The summed E-state index contributed by atoms with van der Waals surface area (Å²) < 4.78 is 0. The third-order valence-electron chi connectivity index (χ3n) is 3.54. The van der Waals surface area contributed by atoms with Gasteiger partial charge in [-0.25, -0.2) is 4.99 Å². The Kier molecular flexibility index (Phi) is 3.41. The van der Waals surface area contributed by atoms with Crippen molar-refractivity contribution in [2.75, 3.05) is 26.2 Å². The smallest absolute Gasteiger partial charge is 0.197 e. The Hall–Kier alpha value is -0.730. The van der Waals surface area contributed by atoms with Crippen LogP contribution in [0.2, 0.25) is 0 Å². The molecule has 2 aliphatic heterocycles. The van der Waals surface area contributed by atoms with Crippen LogP contribution in [0.3, 0.4) is 0 Å². The van der Waals surface area contributed by atoms with Crippen molar-refractivity contribution in [2.24, 2.45) is 4.99 Å². The maximum Gasteiger partial charge on any atom is 0.197 e. The number of likely N-dealkylation sites (tertiary alicyclic amines) is 2. The SMILES string of the molecule is CCCC(C)(C)N=C(N1CCC1)N1CCC1. The van der Waals surface area contributed by atoms with E-state index in [-0.39, 0.29) is 5.54 Å². The summed E-state index contributed by atoms with van der Waals surface area (Å²) in [6.07, 6.45) is 5.06. The third kappa shape index (κ3) is 2.50. The minimum absolute atomic E-state index is 0.106. The lowest BCUT2D eigenvalue weighted by atomic mass is 10.00. The molecule has 92 valence electrons. The van der Waals surface area contributed by atoms with Crippen molar-refractivity contribution < 1.29 is 0 Å². The fourth-order valence-corrected chi connectivity index (χ4v) is 2.31. The fraction of sp³-hybridized carbons (Fsp3) is 0.923. The summed E-state index contributed by atoms with van der Waals surface area (Å²) in [5.74, 6) is 1.27. The number of nitrogens with zero attached hydrogens (tertiary/aromatic N) is 3. The highest BCUT2D eigenvalue weighted by Crippen LogP contribution is 2.22. The number of hydrogen-bond donors (Lipinski definition) is 0. The fourth-order valence-electron chi connectivity index (χ4n) is 2.31. The molecule has 2 rings (SSSR count). The summed E-state index contributed by atoms with van der Waals surface area (Å²) in [7, 11) is 0. The lowest BCUT2D eigenvalue weighted by Gasteiger charge is -2.44. The summed E-state index contributed by atoms with van der Waals surface area (Å²) in [5, 5.41) is 0. The zero-order valence-electron chi connectivity index (χ0n) is 11.0. The molecule has 0 spiro atoms. The summed E-state index contributed by atoms with van der Waals surface area (Å²) in [6, 6.07) is 0. The standard InChI is InChI=1S/C13H25N3/c1-4-7-13(2,3)14-12(15-8-5-9-15)16-10-6-11-16/h4-11H2,1-3H3. The highest BCUT2D eigenvalue weighted by atomic mass is 15.4. The Morgan fingerprint density at radius 1 is 1.06 bits per heavy atom. The van der Waals surface area contributed by atoms with Gasteiger partial charge in [0.05, 0.1) is 5.54 Å². The number of hydrogen-bond acceptors (Lipinski definition) is 1. The first-order valence-corrected chi connectivity index (χ1v) is 6.72. The first-order valence-electron chi connectivity index (χ1n) is 6.72. The van der Waals surface area contributed by atoms with Crippen molar-refractivity contribution >= 4 is 5.96 Å².